The van der Waals surface area contributed by atoms with Crippen LogP contribution in [0.4, 0.5) is 0 Å². The molecule has 2 heterocycles. The molecule has 0 spiro atoms. The third-order valence-corrected chi connectivity index (χ3v) is 7.92. The Labute approximate surface area is 168 Å². The van der Waals surface area contributed by atoms with Gasteiger partial charge in [-0.15, -0.1) is 0 Å². The molecule has 1 aliphatic heterocycles. The molecule has 0 bridgehead atoms. The summed E-state index contributed by atoms with van der Waals surface area (Å²) < 4.78 is 28.6. The van der Waals surface area contributed by atoms with Gasteiger partial charge in [-0.3, -0.25) is 4.79 Å². The summed E-state index contributed by atoms with van der Waals surface area (Å²) in [6, 6.07) is 1.45. The Morgan fingerprint density at radius 1 is 1.29 bits per heavy atom. The summed E-state index contributed by atoms with van der Waals surface area (Å²) in [5.74, 6) is 0.0417. The maximum absolute atomic E-state index is 13.0. The largest absolute Gasteiger partial charge is 0.394 e. The summed E-state index contributed by atoms with van der Waals surface area (Å²) in [6.07, 6.45) is 5.69. The van der Waals surface area contributed by atoms with E-state index >= 15 is 0 Å². The molecule has 0 aromatic carbocycles. The van der Waals surface area contributed by atoms with Crippen LogP contribution in [0.15, 0.2) is 17.2 Å². The van der Waals surface area contributed by atoms with Crippen molar-refractivity contribution in [3.8, 4) is 0 Å². The Morgan fingerprint density at radius 3 is 2.50 bits per heavy atom. The molecule has 2 aliphatic rings. The highest BCUT2D eigenvalue weighted by Gasteiger charge is 2.44. The first-order valence-corrected chi connectivity index (χ1v) is 11.5. The highest BCUT2D eigenvalue weighted by atomic mass is 32.2. The van der Waals surface area contributed by atoms with Gasteiger partial charge < -0.3 is 15.0 Å². The summed E-state index contributed by atoms with van der Waals surface area (Å²) in [5.41, 5.74) is -0.371. The number of rotatable bonds is 5. The number of aryl methyl sites for hydroxylation is 1. The second-order valence-corrected chi connectivity index (χ2v) is 11.5. The van der Waals surface area contributed by atoms with Crippen molar-refractivity contribution in [1.82, 2.24) is 14.2 Å². The third-order valence-electron chi connectivity index (χ3n) is 6.05. The fourth-order valence-corrected chi connectivity index (χ4v) is 6.87. The predicted octanol–water partition coefficient (Wildman–Crippen LogP) is 2.12. The van der Waals surface area contributed by atoms with Crippen molar-refractivity contribution in [1.29, 1.82) is 0 Å². The molecule has 7 nitrogen and oxygen atoms in total. The Kier molecular flexibility index (Phi) is 5.68. The highest BCUT2D eigenvalue weighted by Crippen LogP contribution is 2.43. The summed E-state index contributed by atoms with van der Waals surface area (Å²) in [6.45, 7) is 7.38. The zero-order valence-corrected chi connectivity index (χ0v) is 18.2. The van der Waals surface area contributed by atoms with E-state index in [2.05, 4.69) is 26.1 Å². The fourth-order valence-electron chi connectivity index (χ4n) is 5.28. The monoisotopic (exact) mass is 411 g/mol. The van der Waals surface area contributed by atoms with E-state index in [9.17, 15) is 18.3 Å². The average Bonchev–Trinajstić information content (AvgIpc) is 3.22. The second-order valence-electron chi connectivity index (χ2n) is 9.53. The van der Waals surface area contributed by atoms with E-state index in [0.29, 0.717) is 37.5 Å². The number of aromatic nitrogens is 1. The van der Waals surface area contributed by atoms with E-state index in [0.717, 1.165) is 19.3 Å². The predicted molar refractivity (Wildman–Crippen MR) is 107 cm³/mol. The first-order chi connectivity index (χ1) is 13.0. The first kappa shape index (κ1) is 21.3. The van der Waals surface area contributed by atoms with E-state index in [1.54, 1.807) is 11.6 Å². The van der Waals surface area contributed by atoms with Crippen LogP contribution >= 0.6 is 0 Å². The van der Waals surface area contributed by atoms with Gasteiger partial charge in [0.1, 0.15) is 10.6 Å². The number of carbonyl (C=O) groups excluding carboxylic acids is 1. The molecule has 0 radical (unpaired) electrons. The lowest BCUT2D eigenvalue weighted by molar-refractivity contribution is 0.0331. The van der Waals surface area contributed by atoms with Crippen molar-refractivity contribution < 1.29 is 18.3 Å². The molecule has 158 valence electrons. The van der Waals surface area contributed by atoms with Crippen LogP contribution in [-0.2, 0) is 17.1 Å². The summed E-state index contributed by atoms with van der Waals surface area (Å²) in [5, 5.41) is 13.2. The standard InChI is InChI=1S/C20H33N3O4S/c1-15-10-19(2,3)13-20(11-15,14-24)21-18(25)17-9-16(12-22(17)4)28(26,27)23-7-5-6-8-23/h9,12,15,24H,5-8,10-11,13-14H2,1-4H3,(H,21,25)/t15-,20-/m0/s1. The minimum atomic E-state index is -3.57. The Morgan fingerprint density at radius 2 is 1.93 bits per heavy atom. The van der Waals surface area contributed by atoms with Crippen molar-refractivity contribution >= 4 is 15.9 Å². The van der Waals surface area contributed by atoms with Crippen LogP contribution in [0, 0.1) is 11.3 Å². The molecule has 1 aromatic heterocycles. The second kappa shape index (κ2) is 7.46. The number of amides is 1. The molecule has 1 saturated heterocycles. The minimum absolute atomic E-state index is 0.0200. The first-order valence-electron chi connectivity index (χ1n) is 10.1. The molecule has 2 N–H and O–H groups in total. The van der Waals surface area contributed by atoms with Crippen molar-refractivity contribution in [3.63, 3.8) is 0 Å². The zero-order chi connectivity index (χ0) is 20.7. The van der Waals surface area contributed by atoms with Crippen LogP contribution in [0.5, 0.6) is 0 Å². The van der Waals surface area contributed by atoms with E-state index in [4.69, 9.17) is 0 Å². The van der Waals surface area contributed by atoms with Crippen LogP contribution in [0.25, 0.3) is 0 Å². The molecule has 8 heteroatoms. The van der Waals surface area contributed by atoms with E-state index < -0.39 is 15.6 Å². The van der Waals surface area contributed by atoms with Crippen LogP contribution in [0.3, 0.4) is 0 Å². The molecular formula is C20H33N3O4S. The lowest BCUT2D eigenvalue weighted by Crippen LogP contribution is -2.57. The van der Waals surface area contributed by atoms with Crippen LogP contribution in [0.2, 0.25) is 0 Å². The molecule has 1 amide bonds. The number of hydrogen-bond acceptors (Lipinski definition) is 4. The zero-order valence-electron chi connectivity index (χ0n) is 17.4. The molecule has 2 fully saturated rings. The van der Waals surface area contributed by atoms with Crippen LogP contribution in [0.1, 0.15) is 63.4 Å². The maximum atomic E-state index is 13.0. The van der Waals surface area contributed by atoms with Gasteiger partial charge >= 0.3 is 0 Å². The van der Waals surface area contributed by atoms with Gasteiger partial charge in [0, 0.05) is 26.3 Å². The van der Waals surface area contributed by atoms with Gasteiger partial charge in [-0.05, 0) is 49.5 Å². The van der Waals surface area contributed by atoms with Crippen molar-refractivity contribution in [2.24, 2.45) is 18.4 Å². The van der Waals surface area contributed by atoms with Gasteiger partial charge in [-0.25, -0.2) is 8.42 Å². The maximum Gasteiger partial charge on any atom is 0.268 e. The summed E-state index contributed by atoms with van der Waals surface area (Å²) >= 11 is 0. The smallest absolute Gasteiger partial charge is 0.268 e. The van der Waals surface area contributed by atoms with Gasteiger partial charge in [-0.2, -0.15) is 4.31 Å². The van der Waals surface area contributed by atoms with Gasteiger partial charge in [0.15, 0.2) is 0 Å². The van der Waals surface area contributed by atoms with Gasteiger partial charge in [-0.1, -0.05) is 20.8 Å². The summed E-state index contributed by atoms with van der Waals surface area (Å²) in [4.78, 5) is 13.2. The molecule has 1 saturated carbocycles. The highest BCUT2D eigenvalue weighted by molar-refractivity contribution is 7.89. The molecule has 2 atom stereocenters. The van der Waals surface area contributed by atoms with E-state index in [-0.39, 0.29) is 22.8 Å². The van der Waals surface area contributed by atoms with Crippen molar-refractivity contribution in [3.05, 3.63) is 18.0 Å². The average molecular weight is 412 g/mol. The van der Waals surface area contributed by atoms with E-state index in [1.165, 1.54) is 16.6 Å². The minimum Gasteiger partial charge on any atom is -0.394 e. The molecule has 1 aromatic rings. The SMILES string of the molecule is C[C@H]1CC(C)(C)C[C@@](CO)(NC(=O)c2cc(S(=O)(=O)N3CCCC3)cn2C)C1. The quantitative estimate of drug-likeness (QED) is 0.776. The topological polar surface area (TPSA) is 91.6 Å². The van der Waals surface area contributed by atoms with Gasteiger partial charge in [0.05, 0.1) is 12.1 Å². The normalized spacial score (nSPS) is 28.4. The molecule has 0 unspecified atom stereocenters. The number of sulfonamides is 1. The number of hydrogen-bond donors (Lipinski definition) is 2. The summed E-state index contributed by atoms with van der Waals surface area (Å²) in [7, 11) is -1.89. The Hall–Kier alpha value is -1.38. The van der Waals surface area contributed by atoms with Crippen LogP contribution < -0.4 is 5.32 Å². The lowest BCUT2D eigenvalue weighted by atomic mass is 9.64. The van der Waals surface area contributed by atoms with Crippen molar-refractivity contribution in [2.75, 3.05) is 19.7 Å². The van der Waals surface area contributed by atoms with E-state index in [1.807, 2.05) is 0 Å². The van der Waals surface area contributed by atoms with Gasteiger partial charge in [0.2, 0.25) is 10.0 Å². The molecule has 28 heavy (non-hydrogen) atoms. The Bertz CT molecular complexity index is 840. The Balaban J connectivity index is 1.84. The molecule has 1 aliphatic carbocycles. The number of aliphatic hydroxyl groups is 1. The number of nitrogens with one attached hydrogen (secondary N) is 1. The third kappa shape index (κ3) is 4.14. The lowest BCUT2D eigenvalue weighted by Gasteiger charge is -2.47. The van der Waals surface area contributed by atoms with Crippen LogP contribution in [-0.4, -0.2) is 53.5 Å². The van der Waals surface area contributed by atoms with Gasteiger partial charge in [0.25, 0.3) is 5.91 Å². The number of carbonyl (C=O) groups is 1. The molecule has 3 rings (SSSR count). The van der Waals surface area contributed by atoms with Crippen molar-refractivity contribution in [2.45, 2.75) is 63.3 Å². The molecular weight excluding hydrogens is 378 g/mol. The number of nitrogens with zero attached hydrogens (tertiary/aromatic N) is 2. The number of aliphatic hydroxyl groups excluding tert-OH is 1. The fraction of sp³-hybridized carbons (Fsp3) is 0.750.